The van der Waals surface area contributed by atoms with Crippen LogP contribution >= 0.6 is 22.9 Å². The van der Waals surface area contributed by atoms with E-state index in [-0.39, 0.29) is 18.4 Å². The summed E-state index contributed by atoms with van der Waals surface area (Å²) in [6.07, 6.45) is 0.195. The zero-order valence-electron chi connectivity index (χ0n) is 11.3. The summed E-state index contributed by atoms with van der Waals surface area (Å²) in [5, 5.41) is 7.78. The normalized spacial score (nSPS) is 12.5. The summed E-state index contributed by atoms with van der Waals surface area (Å²) in [5.41, 5.74) is 1.35. The Morgan fingerprint density at radius 1 is 1.38 bits per heavy atom. The molecule has 21 heavy (non-hydrogen) atoms. The van der Waals surface area contributed by atoms with E-state index >= 15 is 0 Å². The number of halogens is 1. The lowest BCUT2D eigenvalue weighted by Gasteiger charge is -2.11. The number of hydrogen-bond acceptors (Lipinski definition) is 4. The average Bonchev–Trinajstić information content (AvgIpc) is 3.06. The molecule has 0 aliphatic carbocycles. The number of carbonyl (C=O) groups is 1. The van der Waals surface area contributed by atoms with Crippen LogP contribution in [0.2, 0.25) is 4.34 Å². The molecule has 6 heteroatoms. The van der Waals surface area contributed by atoms with Gasteiger partial charge >= 0.3 is 0 Å². The van der Waals surface area contributed by atoms with E-state index in [0.717, 1.165) is 10.3 Å². The SMILES string of the molecule is CC(NC(=O)Cc1noc2ccccc12)c1ccc(Cl)s1. The summed E-state index contributed by atoms with van der Waals surface area (Å²) in [7, 11) is 0. The summed E-state index contributed by atoms with van der Waals surface area (Å²) in [4.78, 5) is 13.1. The summed E-state index contributed by atoms with van der Waals surface area (Å²) in [6.45, 7) is 1.93. The van der Waals surface area contributed by atoms with E-state index < -0.39 is 0 Å². The van der Waals surface area contributed by atoms with Gasteiger partial charge in [0.2, 0.25) is 5.91 Å². The summed E-state index contributed by atoms with van der Waals surface area (Å²) < 4.78 is 5.91. The molecule has 3 rings (SSSR count). The van der Waals surface area contributed by atoms with Gasteiger partial charge in [-0.25, -0.2) is 0 Å². The number of thiophene rings is 1. The van der Waals surface area contributed by atoms with E-state index in [2.05, 4.69) is 10.5 Å². The molecule has 0 radical (unpaired) electrons. The summed E-state index contributed by atoms with van der Waals surface area (Å²) in [6, 6.07) is 11.2. The Balaban J connectivity index is 1.69. The standard InChI is InChI=1S/C15H13ClN2O2S/c1-9(13-6-7-14(16)21-13)17-15(19)8-11-10-4-2-3-5-12(10)20-18-11/h2-7,9H,8H2,1H3,(H,17,19). The molecule has 0 spiro atoms. The largest absolute Gasteiger partial charge is 0.356 e. The first-order valence-corrected chi connectivity index (χ1v) is 7.71. The molecule has 0 aliphatic rings. The summed E-state index contributed by atoms with van der Waals surface area (Å²) in [5.74, 6) is -0.0916. The summed E-state index contributed by atoms with van der Waals surface area (Å²) >= 11 is 7.37. The van der Waals surface area contributed by atoms with Gasteiger partial charge in [0.25, 0.3) is 0 Å². The average molecular weight is 321 g/mol. The van der Waals surface area contributed by atoms with Gasteiger partial charge < -0.3 is 9.84 Å². The Kier molecular flexibility index (Phi) is 3.94. The fourth-order valence-corrected chi connectivity index (χ4v) is 3.21. The highest BCUT2D eigenvalue weighted by atomic mass is 35.5. The van der Waals surface area contributed by atoms with Crippen molar-refractivity contribution in [1.82, 2.24) is 10.5 Å². The van der Waals surface area contributed by atoms with Crippen molar-refractivity contribution in [2.24, 2.45) is 0 Å². The second-order valence-electron chi connectivity index (χ2n) is 4.73. The molecule has 1 unspecified atom stereocenters. The van der Waals surface area contributed by atoms with Crippen molar-refractivity contribution in [3.05, 3.63) is 51.3 Å². The van der Waals surface area contributed by atoms with Gasteiger partial charge in [-0.15, -0.1) is 11.3 Å². The van der Waals surface area contributed by atoms with Crippen LogP contribution in [-0.2, 0) is 11.2 Å². The molecule has 0 aliphatic heterocycles. The molecule has 3 aromatic rings. The van der Waals surface area contributed by atoms with E-state index in [4.69, 9.17) is 16.1 Å². The van der Waals surface area contributed by atoms with Crippen LogP contribution < -0.4 is 5.32 Å². The van der Waals surface area contributed by atoms with Crippen LogP contribution in [0.15, 0.2) is 40.9 Å². The molecular weight excluding hydrogens is 308 g/mol. The monoisotopic (exact) mass is 320 g/mol. The van der Waals surface area contributed by atoms with Gasteiger partial charge in [-0.1, -0.05) is 28.9 Å². The third-order valence-electron chi connectivity index (χ3n) is 3.18. The first kappa shape index (κ1) is 14.1. The van der Waals surface area contributed by atoms with Gasteiger partial charge in [-0.3, -0.25) is 4.79 Å². The number of amides is 1. The fraction of sp³-hybridized carbons (Fsp3) is 0.200. The van der Waals surface area contributed by atoms with E-state index in [9.17, 15) is 4.79 Å². The van der Waals surface area contributed by atoms with Crippen molar-refractivity contribution in [3.8, 4) is 0 Å². The quantitative estimate of drug-likeness (QED) is 0.791. The Morgan fingerprint density at radius 2 is 2.19 bits per heavy atom. The molecule has 2 heterocycles. The molecule has 1 aromatic carbocycles. The number of fused-ring (bicyclic) bond motifs is 1. The number of hydrogen-bond donors (Lipinski definition) is 1. The maximum atomic E-state index is 12.1. The zero-order chi connectivity index (χ0) is 14.8. The highest BCUT2D eigenvalue weighted by Crippen LogP contribution is 2.26. The van der Waals surface area contributed by atoms with Crippen LogP contribution in [0.1, 0.15) is 23.5 Å². The number of rotatable bonds is 4. The molecule has 0 saturated carbocycles. The first-order valence-electron chi connectivity index (χ1n) is 6.51. The molecule has 4 nitrogen and oxygen atoms in total. The lowest BCUT2D eigenvalue weighted by Crippen LogP contribution is -2.27. The molecule has 2 aromatic heterocycles. The molecular formula is C15H13ClN2O2S. The van der Waals surface area contributed by atoms with Crippen LogP contribution in [0.3, 0.4) is 0 Å². The molecule has 108 valence electrons. The van der Waals surface area contributed by atoms with Crippen molar-refractivity contribution in [1.29, 1.82) is 0 Å². The van der Waals surface area contributed by atoms with Gasteiger partial charge in [0.05, 0.1) is 16.8 Å². The lowest BCUT2D eigenvalue weighted by atomic mass is 10.1. The van der Waals surface area contributed by atoms with E-state index in [1.807, 2.05) is 43.3 Å². The Bertz CT molecular complexity index is 781. The van der Waals surface area contributed by atoms with Crippen molar-refractivity contribution >= 4 is 39.8 Å². The minimum atomic E-state index is -0.0916. The number of nitrogens with one attached hydrogen (secondary N) is 1. The Morgan fingerprint density at radius 3 is 2.95 bits per heavy atom. The van der Waals surface area contributed by atoms with Crippen LogP contribution in [-0.4, -0.2) is 11.1 Å². The Hall–Kier alpha value is -1.85. The van der Waals surface area contributed by atoms with Crippen molar-refractivity contribution in [2.45, 2.75) is 19.4 Å². The number of aromatic nitrogens is 1. The van der Waals surface area contributed by atoms with E-state index in [1.165, 1.54) is 11.3 Å². The van der Waals surface area contributed by atoms with Gasteiger partial charge in [0, 0.05) is 10.3 Å². The topological polar surface area (TPSA) is 55.1 Å². The third kappa shape index (κ3) is 3.09. The van der Waals surface area contributed by atoms with E-state index in [1.54, 1.807) is 0 Å². The highest BCUT2D eigenvalue weighted by molar-refractivity contribution is 7.16. The molecule has 0 bridgehead atoms. The van der Waals surface area contributed by atoms with Gasteiger partial charge in [0.1, 0.15) is 5.69 Å². The maximum absolute atomic E-state index is 12.1. The smallest absolute Gasteiger partial charge is 0.226 e. The van der Waals surface area contributed by atoms with Crippen LogP contribution in [0.5, 0.6) is 0 Å². The number of nitrogens with zero attached hydrogens (tertiary/aromatic N) is 1. The Labute approximate surface area is 130 Å². The minimum Gasteiger partial charge on any atom is -0.356 e. The molecule has 1 N–H and O–H groups in total. The fourth-order valence-electron chi connectivity index (χ4n) is 2.14. The number of carbonyl (C=O) groups excluding carboxylic acids is 1. The predicted molar refractivity (Wildman–Crippen MR) is 83.6 cm³/mol. The zero-order valence-corrected chi connectivity index (χ0v) is 12.9. The lowest BCUT2D eigenvalue weighted by molar-refractivity contribution is -0.121. The van der Waals surface area contributed by atoms with Gasteiger partial charge in [-0.05, 0) is 31.2 Å². The third-order valence-corrected chi connectivity index (χ3v) is 4.59. The second-order valence-corrected chi connectivity index (χ2v) is 6.48. The van der Waals surface area contributed by atoms with E-state index in [0.29, 0.717) is 15.6 Å². The van der Waals surface area contributed by atoms with Crippen LogP contribution in [0, 0.1) is 0 Å². The number of para-hydroxylation sites is 1. The first-order chi connectivity index (χ1) is 10.1. The maximum Gasteiger partial charge on any atom is 0.226 e. The molecule has 1 atom stereocenters. The van der Waals surface area contributed by atoms with Crippen molar-refractivity contribution < 1.29 is 9.32 Å². The van der Waals surface area contributed by atoms with Gasteiger partial charge in [0.15, 0.2) is 5.58 Å². The van der Waals surface area contributed by atoms with Crippen LogP contribution in [0.25, 0.3) is 11.0 Å². The minimum absolute atomic E-state index is 0.0758. The second kappa shape index (κ2) is 5.87. The molecule has 0 saturated heterocycles. The van der Waals surface area contributed by atoms with Gasteiger partial charge in [-0.2, -0.15) is 0 Å². The molecule has 0 fully saturated rings. The van der Waals surface area contributed by atoms with Crippen molar-refractivity contribution in [3.63, 3.8) is 0 Å². The highest BCUT2D eigenvalue weighted by Gasteiger charge is 2.15. The van der Waals surface area contributed by atoms with Crippen LogP contribution in [0.4, 0.5) is 0 Å². The number of benzene rings is 1. The van der Waals surface area contributed by atoms with Crippen molar-refractivity contribution in [2.75, 3.05) is 0 Å². The predicted octanol–water partition coefficient (Wildman–Crippen LogP) is 3.96. The molecule has 1 amide bonds.